The van der Waals surface area contributed by atoms with Gasteiger partial charge >= 0.3 is 0 Å². The number of benzene rings is 1. The summed E-state index contributed by atoms with van der Waals surface area (Å²) in [5.74, 6) is 0.488. The summed E-state index contributed by atoms with van der Waals surface area (Å²) in [6.07, 6.45) is 1.66. The van der Waals surface area contributed by atoms with Crippen LogP contribution in [0.5, 0.6) is 0 Å². The third-order valence-electron chi connectivity index (χ3n) is 2.99. The number of halogens is 1. The summed E-state index contributed by atoms with van der Waals surface area (Å²) in [7, 11) is 1.66. The fourth-order valence-electron chi connectivity index (χ4n) is 1.85. The van der Waals surface area contributed by atoms with Gasteiger partial charge in [0.25, 0.3) is 0 Å². The Labute approximate surface area is 117 Å². The van der Waals surface area contributed by atoms with Crippen molar-refractivity contribution in [1.82, 2.24) is 20.1 Å². The maximum atomic E-state index is 13.2. The Bertz CT molecular complexity index is 556. The number of rotatable bonds is 7. The highest BCUT2D eigenvalue weighted by Gasteiger charge is 2.04. The Morgan fingerprint density at radius 3 is 3.05 bits per heavy atom. The molecular weight excluding hydrogens is 259 g/mol. The second kappa shape index (κ2) is 7.12. The second-order valence-electron chi connectivity index (χ2n) is 4.60. The van der Waals surface area contributed by atoms with E-state index in [-0.39, 0.29) is 5.82 Å². The quantitative estimate of drug-likeness (QED) is 0.780. The number of ether oxygens (including phenoxy) is 1. The Morgan fingerprint density at radius 1 is 1.40 bits per heavy atom. The zero-order valence-corrected chi connectivity index (χ0v) is 11.8. The molecule has 0 spiro atoms. The highest BCUT2D eigenvalue weighted by molar-refractivity contribution is 5.26. The molecule has 1 N–H and O–H groups in total. The van der Waals surface area contributed by atoms with Crippen LogP contribution in [-0.4, -0.2) is 35.0 Å². The zero-order chi connectivity index (χ0) is 14.4. The van der Waals surface area contributed by atoms with Gasteiger partial charge in [-0.1, -0.05) is 6.07 Å². The first-order valence-electron chi connectivity index (χ1n) is 6.52. The molecule has 6 heteroatoms. The van der Waals surface area contributed by atoms with Crippen molar-refractivity contribution in [2.45, 2.75) is 20.0 Å². The maximum absolute atomic E-state index is 13.2. The molecule has 2 aromatic rings. The Hall–Kier alpha value is -1.79. The molecule has 108 valence electrons. The second-order valence-corrected chi connectivity index (χ2v) is 4.60. The van der Waals surface area contributed by atoms with Crippen molar-refractivity contribution in [3.63, 3.8) is 0 Å². The van der Waals surface area contributed by atoms with Gasteiger partial charge in [-0.05, 0) is 30.2 Å². The van der Waals surface area contributed by atoms with Crippen LogP contribution in [0.3, 0.4) is 0 Å². The van der Waals surface area contributed by atoms with Crippen LogP contribution in [0, 0.1) is 12.7 Å². The molecule has 0 bridgehead atoms. The van der Waals surface area contributed by atoms with Gasteiger partial charge in [-0.3, -0.25) is 0 Å². The molecule has 5 nitrogen and oxygen atoms in total. The topological polar surface area (TPSA) is 52.0 Å². The third-order valence-corrected chi connectivity index (χ3v) is 2.99. The first-order valence-corrected chi connectivity index (χ1v) is 6.52. The van der Waals surface area contributed by atoms with Crippen molar-refractivity contribution >= 4 is 0 Å². The van der Waals surface area contributed by atoms with E-state index in [1.54, 1.807) is 24.2 Å². The number of hydrogen-bond acceptors (Lipinski definition) is 4. The minimum Gasteiger partial charge on any atom is -0.383 e. The average Bonchev–Trinajstić information content (AvgIpc) is 2.87. The number of aromatic nitrogens is 3. The monoisotopic (exact) mass is 278 g/mol. The van der Waals surface area contributed by atoms with E-state index < -0.39 is 0 Å². The van der Waals surface area contributed by atoms with E-state index in [0.717, 1.165) is 23.5 Å². The molecule has 0 saturated carbocycles. The lowest BCUT2D eigenvalue weighted by Gasteiger charge is -2.05. The van der Waals surface area contributed by atoms with Gasteiger partial charge in [-0.15, -0.1) is 0 Å². The maximum Gasteiger partial charge on any atom is 0.164 e. The molecule has 0 aliphatic rings. The molecule has 1 aromatic carbocycles. The van der Waals surface area contributed by atoms with Gasteiger partial charge in [0, 0.05) is 13.7 Å². The van der Waals surface area contributed by atoms with Crippen molar-refractivity contribution in [3.05, 3.63) is 47.3 Å². The largest absolute Gasteiger partial charge is 0.383 e. The SMILES string of the molecule is COCCNCc1ncn(Cc2cc(F)ccc2C)n1. The molecule has 0 fully saturated rings. The molecule has 1 heterocycles. The van der Waals surface area contributed by atoms with Gasteiger partial charge < -0.3 is 10.1 Å². The van der Waals surface area contributed by atoms with Crippen molar-refractivity contribution in [1.29, 1.82) is 0 Å². The summed E-state index contributed by atoms with van der Waals surface area (Å²) < 4.78 is 19.9. The van der Waals surface area contributed by atoms with Crippen LogP contribution in [-0.2, 0) is 17.8 Å². The minimum absolute atomic E-state index is 0.229. The average molecular weight is 278 g/mol. The van der Waals surface area contributed by atoms with Crippen molar-refractivity contribution in [2.75, 3.05) is 20.3 Å². The lowest BCUT2D eigenvalue weighted by molar-refractivity contribution is 0.199. The Morgan fingerprint density at radius 2 is 2.25 bits per heavy atom. The van der Waals surface area contributed by atoms with Crippen molar-refractivity contribution in [2.24, 2.45) is 0 Å². The normalized spacial score (nSPS) is 10.9. The summed E-state index contributed by atoms with van der Waals surface area (Å²) in [6.45, 7) is 4.49. The van der Waals surface area contributed by atoms with Crippen LogP contribution >= 0.6 is 0 Å². The summed E-state index contributed by atoms with van der Waals surface area (Å²) >= 11 is 0. The van der Waals surface area contributed by atoms with Gasteiger partial charge in [0.15, 0.2) is 5.82 Å². The van der Waals surface area contributed by atoms with E-state index in [1.165, 1.54) is 12.1 Å². The Kier molecular flexibility index (Phi) is 5.20. The molecular formula is C14H19FN4O. The number of aryl methyl sites for hydroxylation is 1. The smallest absolute Gasteiger partial charge is 0.164 e. The van der Waals surface area contributed by atoms with E-state index in [9.17, 15) is 4.39 Å². The first-order chi connectivity index (χ1) is 9.69. The van der Waals surface area contributed by atoms with Gasteiger partial charge in [-0.2, -0.15) is 5.10 Å². The van der Waals surface area contributed by atoms with Crippen molar-refractivity contribution < 1.29 is 9.13 Å². The molecule has 0 aliphatic carbocycles. The number of nitrogens with one attached hydrogen (secondary N) is 1. The summed E-state index contributed by atoms with van der Waals surface area (Å²) in [6, 6.07) is 4.77. The van der Waals surface area contributed by atoms with Gasteiger partial charge in [-0.25, -0.2) is 14.1 Å². The van der Waals surface area contributed by atoms with Crippen LogP contribution < -0.4 is 5.32 Å². The molecule has 2 rings (SSSR count). The van der Waals surface area contributed by atoms with Crippen molar-refractivity contribution in [3.8, 4) is 0 Å². The molecule has 0 radical (unpaired) electrons. The first kappa shape index (κ1) is 14.6. The molecule has 0 atom stereocenters. The fraction of sp³-hybridized carbons (Fsp3) is 0.429. The molecule has 0 aliphatic heterocycles. The lowest BCUT2D eigenvalue weighted by atomic mass is 10.1. The van der Waals surface area contributed by atoms with Crippen LogP contribution in [0.15, 0.2) is 24.5 Å². The fourth-order valence-corrected chi connectivity index (χ4v) is 1.85. The van der Waals surface area contributed by atoms with E-state index in [4.69, 9.17) is 4.74 Å². The van der Waals surface area contributed by atoms with Crippen LogP contribution in [0.2, 0.25) is 0 Å². The van der Waals surface area contributed by atoms with E-state index in [2.05, 4.69) is 15.4 Å². The number of nitrogens with zero attached hydrogens (tertiary/aromatic N) is 3. The predicted molar refractivity (Wildman–Crippen MR) is 73.8 cm³/mol. The molecule has 0 saturated heterocycles. The summed E-state index contributed by atoms with van der Waals surface area (Å²) in [5.41, 5.74) is 1.95. The van der Waals surface area contributed by atoms with E-state index >= 15 is 0 Å². The highest BCUT2D eigenvalue weighted by Crippen LogP contribution is 2.11. The van der Waals surface area contributed by atoms with E-state index in [0.29, 0.717) is 19.7 Å². The molecule has 0 amide bonds. The molecule has 0 unspecified atom stereocenters. The van der Waals surface area contributed by atoms with Crippen LogP contribution in [0.25, 0.3) is 0 Å². The standard InChI is InChI=1S/C14H19FN4O/c1-11-3-4-13(15)7-12(11)9-19-10-17-14(18-19)8-16-5-6-20-2/h3-4,7,10,16H,5-6,8-9H2,1-2H3. The van der Waals surface area contributed by atoms with Gasteiger partial charge in [0.05, 0.1) is 19.7 Å². The molecule has 20 heavy (non-hydrogen) atoms. The lowest BCUT2D eigenvalue weighted by Crippen LogP contribution is -2.19. The third kappa shape index (κ3) is 4.11. The van der Waals surface area contributed by atoms with Crippen LogP contribution in [0.1, 0.15) is 17.0 Å². The number of hydrogen-bond donors (Lipinski definition) is 1. The van der Waals surface area contributed by atoms with Gasteiger partial charge in [0.2, 0.25) is 0 Å². The highest BCUT2D eigenvalue weighted by atomic mass is 19.1. The van der Waals surface area contributed by atoms with Gasteiger partial charge in [0.1, 0.15) is 12.1 Å². The summed E-state index contributed by atoms with van der Waals surface area (Å²) in [5, 5.41) is 7.53. The zero-order valence-electron chi connectivity index (χ0n) is 11.8. The minimum atomic E-state index is -0.229. The predicted octanol–water partition coefficient (Wildman–Crippen LogP) is 1.51. The van der Waals surface area contributed by atoms with Crippen LogP contribution in [0.4, 0.5) is 4.39 Å². The molecule has 1 aromatic heterocycles. The van der Waals surface area contributed by atoms with E-state index in [1.807, 2.05) is 6.92 Å². The Balaban J connectivity index is 1.93. The number of methoxy groups -OCH3 is 1. The summed E-state index contributed by atoms with van der Waals surface area (Å²) in [4.78, 5) is 4.22.